The Labute approximate surface area is 197 Å². The van der Waals surface area contributed by atoms with Gasteiger partial charge in [-0.15, -0.1) is 0 Å². The van der Waals surface area contributed by atoms with Crippen LogP contribution in [0.5, 0.6) is 17.2 Å². The molecule has 174 valence electrons. The van der Waals surface area contributed by atoms with Gasteiger partial charge >= 0.3 is 0 Å². The number of benzene rings is 3. The number of hydrogen-bond donors (Lipinski definition) is 3. The van der Waals surface area contributed by atoms with E-state index in [-0.39, 0.29) is 5.41 Å². The molecule has 0 bridgehead atoms. The fourth-order valence-corrected chi connectivity index (χ4v) is 6.01. The summed E-state index contributed by atoms with van der Waals surface area (Å²) in [7, 11) is 0. The van der Waals surface area contributed by atoms with E-state index in [9.17, 15) is 15.3 Å². The molecule has 0 saturated heterocycles. The van der Waals surface area contributed by atoms with Gasteiger partial charge in [0.15, 0.2) is 0 Å². The van der Waals surface area contributed by atoms with E-state index in [1.807, 2.05) is 39.8 Å². The van der Waals surface area contributed by atoms with Crippen molar-refractivity contribution in [2.45, 2.75) is 78.6 Å². The molecule has 1 saturated carbocycles. The van der Waals surface area contributed by atoms with Gasteiger partial charge < -0.3 is 15.3 Å². The van der Waals surface area contributed by atoms with Crippen molar-refractivity contribution in [1.82, 2.24) is 0 Å². The summed E-state index contributed by atoms with van der Waals surface area (Å²) in [5.74, 6) is 1.54. The van der Waals surface area contributed by atoms with Crippen LogP contribution in [0.2, 0.25) is 0 Å². The molecule has 3 aromatic carbocycles. The van der Waals surface area contributed by atoms with Crippen molar-refractivity contribution in [2.75, 3.05) is 0 Å². The average molecular weight is 445 g/mol. The van der Waals surface area contributed by atoms with Crippen LogP contribution in [-0.2, 0) is 5.41 Å². The zero-order chi connectivity index (χ0) is 24.1. The second-order valence-corrected chi connectivity index (χ2v) is 10.1. The van der Waals surface area contributed by atoms with Crippen LogP contribution in [0.25, 0.3) is 0 Å². The normalized spacial score (nSPS) is 16.2. The van der Waals surface area contributed by atoms with Crippen LogP contribution in [0, 0.1) is 41.5 Å². The number of phenols is 3. The first kappa shape index (κ1) is 23.2. The molecule has 3 aromatic rings. The van der Waals surface area contributed by atoms with Crippen LogP contribution in [0.3, 0.4) is 0 Å². The average Bonchev–Trinajstić information content (AvgIpc) is 2.81. The van der Waals surface area contributed by atoms with Crippen molar-refractivity contribution in [3.8, 4) is 17.2 Å². The third-order valence-electron chi connectivity index (χ3n) is 8.35. The summed E-state index contributed by atoms with van der Waals surface area (Å²) in [5.41, 5.74) is 9.76. The maximum atomic E-state index is 10.6. The van der Waals surface area contributed by atoms with Crippen molar-refractivity contribution in [3.63, 3.8) is 0 Å². The Morgan fingerprint density at radius 1 is 0.636 bits per heavy atom. The van der Waals surface area contributed by atoms with Gasteiger partial charge in [-0.25, -0.2) is 0 Å². The maximum Gasteiger partial charge on any atom is 0.121 e. The lowest BCUT2D eigenvalue weighted by Gasteiger charge is -2.44. The molecule has 33 heavy (non-hydrogen) atoms. The molecule has 0 radical (unpaired) electrons. The highest BCUT2D eigenvalue weighted by Gasteiger charge is 2.42. The van der Waals surface area contributed by atoms with E-state index in [4.69, 9.17) is 0 Å². The molecular formula is C30H36O3. The van der Waals surface area contributed by atoms with Gasteiger partial charge in [0.1, 0.15) is 17.2 Å². The van der Waals surface area contributed by atoms with Gasteiger partial charge in [0.05, 0.1) is 0 Å². The Hall–Kier alpha value is -2.94. The van der Waals surface area contributed by atoms with E-state index < -0.39 is 0 Å². The van der Waals surface area contributed by atoms with Crippen molar-refractivity contribution in [1.29, 1.82) is 0 Å². The van der Waals surface area contributed by atoms with Crippen molar-refractivity contribution in [3.05, 3.63) is 86.5 Å². The van der Waals surface area contributed by atoms with Gasteiger partial charge in [-0.2, -0.15) is 0 Å². The lowest BCUT2D eigenvalue weighted by Crippen LogP contribution is -2.35. The fourth-order valence-electron chi connectivity index (χ4n) is 6.01. The second-order valence-electron chi connectivity index (χ2n) is 10.1. The van der Waals surface area contributed by atoms with Crippen LogP contribution in [0.15, 0.2) is 36.4 Å². The highest BCUT2D eigenvalue weighted by Crippen LogP contribution is 2.53. The molecule has 0 unspecified atom stereocenters. The zero-order valence-electron chi connectivity index (χ0n) is 20.7. The van der Waals surface area contributed by atoms with Gasteiger partial charge in [0.2, 0.25) is 0 Å². The number of hydrogen-bond acceptors (Lipinski definition) is 3. The fraction of sp³-hybridized carbons (Fsp3) is 0.400. The molecule has 1 fully saturated rings. The van der Waals surface area contributed by atoms with E-state index in [2.05, 4.69) is 26.0 Å². The maximum absolute atomic E-state index is 10.6. The Balaban J connectivity index is 1.88. The minimum absolute atomic E-state index is 0.173. The van der Waals surface area contributed by atoms with Gasteiger partial charge in [-0.05, 0) is 135 Å². The largest absolute Gasteiger partial charge is 0.508 e. The quantitative estimate of drug-likeness (QED) is 0.397. The first-order valence-electron chi connectivity index (χ1n) is 12.0. The molecular weight excluding hydrogens is 408 g/mol. The van der Waals surface area contributed by atoms with Crippen molar-refractivity contribution in [2.24, 2.45) is 0 Å². The lowest BCUT2D eigenvalue weighted by atomic mass is 9.60. The minimum atomic E-state index is -0.173. The molecule has 3 N–H and O–H groups in total. The topological polar surface area (TPSA) is 60.7 Å². The molecule has 0 atom stereocenters. The number of rotatable bonds is 3. The van der Waals surface area contributed by atoms with Crippen molar-refractivity contribution < 1.29 is 15.3 Å². The summed E-state index contributed by atoms with van der Waals surface area (Å²) in [6, 6.07) is 12.0. The molecule has 0 spiro atoms. The molecule has 3 heteroatoms. The number of phenolic OH excluding ortho intramolecular Hbond substituents is 3. The summed E-state index contributed by atoms with van der Waals surface area (Å²) in [6.07, 6.45) is 4.07. The molecule has 0 aliphatic heterocycles. The predicted molar refractivity (Wildman–Crippen MR) is 135 cm³/mol. The van der Waals surface area contributed by atoms with Gasteiger partial charge in [-0.1, -0.05) is 24.3 Å². The van der Waals surface area contributed by atoms with E-state index in [1.165, 1.54) is 16.7 Å². The Morgan fingerprint density at radius 3 is 1.48 bits per heavy atom. The molecule has 3 nitrogen and oxygen atoms in total. The summed E-state index contributed by atoms with van der Waals surface area (Å²) >= 11 is 0. The van der Waals surface area contributed by atoms with E-state index >= 15 is 0 Å². The Kier molecular flexibility index (Phi) is 5.94. The predicted octanol–water partition coefficient (Wildman–Crippen LogP) is 7.30. The van der Waals surface area contributed by atoms with Crippen LogP contribution in [0.4, 0.5) is 0 Å². The first-order chi connectivity index (χ1) is 15.6. The lowest BCUT2D eigenvalue weighted by molar-refractivity contribution is 0.311. The molecule has 0 heterocycles. The standard InChI is InChI=1S/C30H36O3/c1-17-15-26(19(3)21(5)28(17)32)30(27-16-18(2)29(33)22(6)20(27)4)13-11-24(12-14-30)23-7-9-25(31)10-8-23/h7-10,15-16,24,31-33H,11-14H2,1-6H3. The summed E-state index contributed by atoms with van der Waals surface area (Å²) in [6.45, 7) is 12.3. The van der Waals surface area contributed by atoms with Crippen LogP contribution >= 0.6 is 0 Å². The number of aromatic hydroxyl groups is 3. The molecule has 0 aromatic heterocycles. The Bertz CT molecular complexity index is 1130. The minimum Gasteiger partial charge on any atom is -0.508 e. The monoisotopic (exact) mass is 444 g/mol. The Morgan fingerprint density at radius 2 is 1.06 bits per heavy atom. The number of aryl methyl sites for hydroxylation is 2. The van der Waals surface area contributed by atoms with Crippen LogP contribution in [-0.4, -0.2) is 15.3 Å². The summed E-state index contributed by atoms with van der Waals surface area (Å²) in [4.78, 5) is 0. The van der Waals surface area contributed by atoms with Crippen molar-refractivity contribution >= 4 is 0 Å². The van der Waals surface area contributed by atoms with Gasteiger partial charge in [-0.3, -0.25) is 0 Å². The summed E-state index contributed by atoms with van der Waals surface area (Å²) in [5, 5.41) is 30.9. The zero-order valence-corrected chi connectivity index (χ0v) is 20.7. The molecule has 1 aliphatic rings. The first-order valence-corrected chi connectivity index (χ1v) is 12.0. The highest BCUT2D eigenvalue weighted by molar-refractivity contribution is 5.58. The van der Waals surface area contributed by atoms with Gasteiger partial charge in [0.25, 0.3) is 0 Å². The van der Waals surface area contributed by atoms with E-state index in [1.54, 1.807) is 12.1 Å². The SMILES string of the molecule is Cc1cc(C2(c3cc(C)c(O)c(C)c3C)CCC(c3ccc(O)cc3)CC2)c(C)c(C)c1O. The van der Waals surface area contributed by atoms with E-state index in [0.29, 0.717) is 23.2 Å². The third kappa shape index (κ3) is 3.78. The molecule has 1 aliphatic carbocycles. The second kappa shape index (κ2) is 8.44. The molecule has 0 amide bonds. The smallest absolute Gasteiger partial charge is 0.121 e. The third-order valence-corrected chi connectivity index (χ3v) is 8.35. The molecule has 4 rings (SSSR count). The van der Waals surface area contributed by atoms with Crippen LogP contribution < -0.4 is 0 Å². The van der Waals surface area contributed by atoms with E-state index in [0.717, 1.165) is 59.1 Å². The van der Waals surface area contributed by atoms with Gasteiger partial charge in [0, 0.05) is 5.41 Å². The summed E-state index contributed by atoms with van der Waals surface area (Å²) < 4.78 is 0. The highest BCUT2D eigenvalue weighted by atomic mass is 16.3. The van der Waals surface area contributed by atoms with Crippen LogP contribution in [0.1, 0.15) is 81.7 Å².